The first-order valence-corrected chi connectivity index (χ1v) is 7.77. The van der Waals surface area contributed by atoms with Crippen molar-refractivity contribution in [2.45, 2.75) is 57.6 Å². The lowest BCUT2D eigenvalue weighted by atomic mass is 9.64. The van der Waals surface area contributed by atoms with E-state index in [9.17, 15) is 5.11 Å². The Kier molecular flexibility index (Phi) is 5.77. The van der Waals surface area contributed by atoms with Crippen LogP contribution < -0.4 is 5.32 Å². The Hall–Kier alpha value is 0.230. The van der Waals surface area contributed by atoms with Gasteiger partial charge in [0, 0.05) is 29.4 Å². The lowest BCUT2D eigenvalue weighted by Crippen LogP contribution is -2.63. The van der Waals surface area contributed by atoms with Crippen LogP contribution in [0.25, 0.3) is 0 Å². The molecule has 0 aromatic rings. The van der Waals surface area contributed by atoms with E-state index in [1.165, 1.54) is 0 Å². The van der Waals surface area contributed by atoms with Crippen molar-refractivity contribution in [1.29, 1.82) is 0 Å². The molecule has 3 nitrogen and oxygen atoms in total. The van der Waals surface area contributed by atoms with Crippen molar-refractivity contribution < 1.29 is 9.84 Å². The Bertz CT molecular complexity index is 231. The van der Waals surface area contributed by atoms with Crippen molar-refractivity contribution in [2.24, 2.45) is 5.41 Å². The number of rotatable bonds is 7. The zero-order chi connectivity index (χ0) is 13.1. The summed E-state index contributed by atoms with van der Waals surface area (Å²) in [5.74, 6) is 0. The first-order valence-electron chi connectivity index (χ1n) is 6.48. The molecule has 0 spiro atoms. The third kappa shape index (κ3) is 3.37. The fraction of sp³-hybridized carbons (Fsp3) is 1.00. The maximum Gasteiger partial charge on any atom is 0.0655 e. The molecular formula is C13H27NO2S. The molecule has 0 aromatic heterocycles. The summed E-state index contributed by atoms with van der Waals surface area (Å²) in [7, 11) is 0. The van der Waals surface area contributed by atoms with Gasteiger partial charge in [-0.3, -0.25) is 0 Å². The van der Waals surface area contributed by atoms with E-state index in [4.69, 9.17) is 4.74 Å². The topological polar surface area (TPSA) is 41.5 Å². The predicted molar refractivity (Wildman–Crippen MR) is 74.6 cm³/mol. The molecule has 0 radical (unpaired) electrons. The summed E-state index contributed by atoms with van der Waals surface area (Å²) in [5.41, 5.74) is 0.197. The van der Waals surface area contributed by atoms with Crippen LogP contribution in [0.15, 0.2) is 0 Å². The highest BCUT2D eigenvalue weighted by molar-refractivity contribution is 7.99. The van der Waals surface area contributed by atoms with Crippen molar-refractivity contribution in [1.82, 2.24) is 5.32 Å². The Balaban J connectivity index is 2.44. The van der Waals surface area contributed by atoms with Gasteiger partial charge in [-0.1, -0.05) is 13.8 Å². The molecule has 1 rings (SSSR count). The van der Waals surface area contributed by atoms with Gasteiger partial charge in [-0.25, -0.2) is 0 Å². The molecule has 0 heterocycles. The SMILES string of the molecule is CCOC1CC(NC(C)C(CO)SC)C1(C)C. The molecule has 0 saturated heterocycles. The highest BCUT2D eigenvalue weighted by Gasteiger charge is 2.49. The summed E-state index contributed by atoms with van der Waals surface area (Å²) in [5, 5.41) is 13.2. The van der Waals surface area contributed by atoms with E-state index in [0.717, 1.165) is 13.0 Å². The van der Waals surface area contributed by atoms with Crippen molar-refractivity contribution in [2.75, 3.05) is 19.5 Å². The van der Waals surface area contributed by atoms with Crippen LogP contribution in [0.1, 0.15) is 34.1 Å². The van der Waals surface area contributed by atoms with Gasteiger partial charge in [0.25, 0.3) is 0 Å². The quantitative estimate of drug-likeness (QED) is 0.734. The van der Waals surface area contributed by atoms with Crippen LogP contribution in [-0.2, 0) is 4.74 Å². The van der Waals surface area contributed by atoms with Crippen LogP contribution in [0.2, 0.25) is 0 Å². The molecule has 17 heavy (non-hydrogen) atoms. The summed E-state index contributed by atoms with van der Waals surface area (Å²) in [4.78, 5) is 0. The number of hydrogen-bond acceptors (Lipinski definition) is 4. The molecule has 1 aliphatic carbocycles. The maximum absolute atomic E-state index is 9.28. The van der Waals surface area contributed by atoms with E-state index in [0.29, 0.717) is 18.2 Å². The molecule has 0 bridgehead atoms. The normalized spacial score (nSPS) is 30.7. The summed E-state index contributed by atoms with van der Waals surface area (Å²) in [6, 6.07) is 0.831. The summed E-state index contributed by atoms with van der Waals surface area (Å²) >= 11 is 1.72. The lowest BCUT2D eigenvalue weighted by Gasteiger charge is -2.53. The van der Waals surface area contributed by atoms with E-state index < -0.39 is 0 Å². The summed E-state index contributed by atoms with van der Waals surface area (Å²) in [6.07, 6.45) is 3.50. The van der Waals surface area contributed by atoms with Gasteiger partial charge in [-0.05, 0) is 26.5 Å². The van der Waals surface area contributed by atoms with Gasteiger partial charge in [0.1, 0.15) is 0 Å². The zero-order valence-electron chi connectivity index (χ0n) is 11.7. The molecule has 1 saturated carbocycles. The molecule has 4 atom stereocenters. The second kappa shape index (κ2) is 6.41. The fourth-order valence-corrected chi connectivity index (χ4v) is 3.15. The van der Waals surface area contributed by atoms with Crippen molar-refractivity contribution in [3.05, 3.63) is 0 Å². The van der Waals surface area contributed by atoms with E-state index in [-0.39, 0.29) is 17.3 Å². The maximum atomic E-state index is 9.28. The second-order valence-electron chi connectivity index (χ2n) is 5.47. The van der Waals surface area contributed by atoms with Crippen LogP contribution in [0.3, 0.4) is 0 Å². The average Bonchev–Trinajstić information content (AvgIpc) is 2.29. The highest BCUT2D eigenvalue weighted by Crippen LogP contribution is 2.43. The Labute approximate surface area is 110 Å². The van der Waals surface area contributed by atoms with Crippen LogP contribution in [0.5, 0.6) is 0 Å². The molecule has 0 aliphatic heterocycles. The average molecular weight is 261 g/mol. The van der Waals surface area contributed by atoms with Crippen LogP contribution >= 0.6 is 11.8 Å². The van der Waals surface area contributed by atoms with E-state index >= 15 is 0 Å². The Morgan fingerprint density at radius 2 is 2.18 bits per heavy atom. The highest BCUT2D eigenvalue weighted by atomic mass is 32.2. The number of hydrogen-bond donors (Lipinski definition) is 2. The third-order valence-corrected chi connectivity index (χ3v) is 5.21. The molecule has 0 amide bonds. The zero-order valence-corrected chi connectivity index (χ0v) is 12.5. The molecular weight excluding hydrogens is 234 g/mol. The van der Waals surface area contributed by atoms with Gasteiger partial charge in [-0.15, -0.1) is 0 Å². The number of ether oxygens (including phenoxy) is 1. The van der Waals surface area contributed by atoms with Crippen molar-refractivity contribution in [3.63, 3.8) is 0 Å². The largest absolute Gasteiger partial charge is 0.395 e. The van der Waals surface area contributed by atoms with Crippen molar-refractivity contribution in [3.8, 4) is 0 Å². The summed E-state index contributed by atoms with van der Waals surface area (Å²) < 4.78 is 5.72. The van der Waals surface area contributed by atoms with Gasteiger partial charge in [0.2, 0.25) is 0 Å². The Morgan fingerprint density at radius 1 is 1.53 bits per heavy atom. The van der Waals surface area contributed by atoms with Crippen LogP contribution in [-0.4, -0.2) is 48.0 Å². The Morgan fingerprint density at radius 3 is 2.59 bits per heavy atom. The molecule has 1 aliphatic rings. The van der Waals surface area contributed by atoms with E-state index in [2.05, 4.69) is 33.0 Å². The van der Waals surface area contributed by atoms with Gasteiger partial charge in [-0.2, -0.15) is 11.8 Å². The number of thioether (sulfide) groups is 1. The van der Waals surface area contributed by atoms with Crippen LogP contribution in [0, 0.1) is 5.41 Å². The number of aliphatic hydroxyl groups excluding tert-OH is 1. The van der Waals surface area contributed by atoms with Gasteiger partial charge in [0.05, 0.1) is 12.7 Å². The molecule has 2 N–H and O–H groups in total. The number of aliphatic hydroxyl groups is 1. The first-order chi connectivity index (χ1) is 7.97. The lowest BCUT2D eigenvalue weighted by molar-refractivity contribution is -0.116. The van der Waals surface area contributed by atoms with Gasteiger partial charge >= 0.3 is 0 Å². The fourth-order valence-electron chi connectivity index (χ4n) is 2.51. The minimum absolute atomic E-state index is 0.197. The molecule has 1 fully saturated rings. The number of nitrogens with one attached hydrogen (secondary N) is 1. The second-order valence-corrected chi connectivity index (χ2v) is 6.54. The minimum atomic E-state index is 0.197. The van der Waals surface area contributed by atoms with Crippen LogP contribution in [0.4, 0.5) is 0 Å². The van der Waals surface area contributed by atoms with E-state index in [1.807, 2.05) is 6.26 Å². The standard InChI is InChI=1S/C13H27NO2S/c1-6-16-12-7-11(13(12,3)4)14-9(2)10(8-15)17-5/h9-12,14-15H,6-8H2,1-5H3. The van der Waals surface area contributed by atoms with Crippen molar-refractivity contribution >= 4 is 11.8 Å². The third-order valence-electron chi connectivity index (χ3n) is 4.05. The van der Waals surface area contributed by atoms with Gasteiger partial charge in [0.15, 0.2) is 0 Å². The monoisotopic (exact) mass is 261 g/mol. The first kappa shape index (κ1) is 15.3. The molecule has 0 aromatic carbocycles. The predicted octanol–water partition coefficient (Wildman–Crippen LogP) is 1.89. The van der Waals surface area contributed by atoms with Gasteiger partial charge < -0.3 is 15.2 Å². The molecule has 102 valence electrons. The van der Waals surface area contributed by atoms with E-state index in [1.54, 1.807) is 11.8 Å². The molecule has 4 heteroatoms. The smallest absolute Gasteiger partial charge is 0.0655 e. The molecule has 4 unspecified atom stereocenters. The summed E-state index contributed by atoms with van der Waals surface area (Å²) in [6.45, 7) is 9.75. The minimum Gasteiger partial charge on any atom is -0.395 e.